The first-order chi connectivity index (χ1) is 15.0. The number of ether oxygens (including phenoxy) is 4. The van der Waals surface area contributed by atoms with Crippen molar-refractivity contribution in [1.82, 2.24) is 4.90 Å². The second kappa shape index (κ2) is 8.59. The number of phenolic OH excluding ortho intramolecular Hbond substituents is 1. The van der Waals surface area contributed by atoms with Crippen LogP contribution in [-0.2, 0) is 0 Å². The molecule has 0 amide bonds. The first-order valence-electron chi connectivity index (χ1n) is 10.4. The Morgan fingerprint density at radius 3 is 2.29 bits per heavy atom. The second-order valence-electron chi connectivity index (χ2n) is 7.85. The molecular weight excluding hydrogens is 398 g/mol. The normalized spacial score (nSPS) is 21.0. The smallest absolute Gasteiger partial charge is 0.203 e. The van der Waals surface area contributed by atoms with Crippen molar-refractivity contribution in [3.05, 3.63) is 47.2 Å². The number of benzene rings is 2. The van der Waals surface area contributed by atoms with E-state index in [2.05, 4.69) is 4.90 Å². The first-order valence-corrected chi connectivity index (χ1v) is 10.4. The number of aliphatic hydroxyl groups excluding tert-OH is 1. The molecule has 0 radical (unpaired) electrons. The minimum absolute atomic E-state index is 0.0124. The number of aliphatic hydroxyl groups is 1. The molecule has 31 heavy (non-hydrogen) atoms. The van der Waals surface area contributed by atoms with Crippen LogP contribution < -0.4 is 18.9 Å². The van der Waals surface area contributed by atoms with E-state index in [1.807, 2.05) is 24.3 Å². The van der Waals surface area contributed by atoms with Crippen LogP contribution in [0.2, 0.25) is 0 Å². The maximum atomic E-state index is 11.4. The van der Waals surface area contributed by atoms with Crippen molar-refractivity contribution < 1.29 is 29.2 Å². The molecule has 4 rings (SSSR count). The Morgan fingerprint density at radius 1 is 0.871 bits per heavy atom. The fraction of sp³-hybridized carbons (Fsp3) is 0.417. The third-order valence-electron chi connectivity index (χ3n) is 6.30. The van der Waals surface area contributed by atoms with Crippen molar-refractivity contribution >= 4 is 5.57 Å². The lowest BCUT2D eigenvalue weighted by Gasteiger charge is -2.37. The van der Waals surface area contributed by atoms with Gasteiger partial charge in [-0.25, -0.2) is 0 Å². The zero-order chi connectivity index (χ0) is 22.1. The molecule has 0 spiro atoms. The van der Waals surface area contributed by atoms with E-state index in [1.165, 1.54) is 14.2 Å². The highest BCUT2D eigenvalue weighted by Gasteiger charge is 2.39. The third-order valence-corrected chi connectivity index (χ3v) is 6.30. The van der Waals surface area contributed by atoms with Gasteiger partial charge >= 0.3 is 0 Å². The molecule has 2 aromatic carbocycles. The van der Waals surface area contributed by atoms with Gasteiger partial charge in [0.15, 0.2) is 23.0 Å². The number of methoxy groups -OCH3 is 4. The Hall–Kier alpha value is -3.06. The summed E-state index contributed by atoms with van der Waals surface area (Å²) in [4.78, 5) is 2.32. The molecule has 2 atom stereocenters. The minimum Gasteiger partial charge on any atom is -0.510 e. The predicted octanol–water partition coefficient (Wildman–Crippen LogP) is 3.96. The van der Waals surface area contributed by atoms with E-state index in [0.717, 1.165) is 37.1 Å². The molecule has 0 aliphatic carbocycles. The van der Waals surface area contributed by atoms with Crippen molar-refractivity contribution in [3.63, 3.8) is 0 Å². The number of aromatic hydroxyl groups is 1. The van der Waals surface area contributed by atoms with Gasteiger partial charge in [0.25, 0.3) is 0 Å². The molecule has 2 N–H and O–H groups in total. The van der Waals surface area contributed by atoms with Crippen molar-refractivity contribution in [1.29, 1.82) is 0 Å². The molecule has 7 heteroatoms. The number of phenols is 1. The van der Waals surface area contributed by atoms with Crippen molar-refractivity contribution in [2.45, 2.75) is 24.8 Å². The lowest BCUT2D eigenvalue weighted by atomic mass is 9.81. The van der Waals surface area contributed by atoms with Gasteiger partial charge in [-0.15, -0.1) is 0 Å². The van der Waals surface area contributed by atoms with E-state index >= 15 is 0 Å². The summed E-state index contributed by atoms with van der Waals surface area (Å²) in [6, 6.07) is 9.25. The number of rotatable bonds is 6. The number of fused-ring (bicyclic) bond motifs is 1. The molecule has 1 unspecified atom stereocenters. The van der Waals surface area contributed by atoms with Gasteiger partial charge in [0.1, 0.15) is 5.76 Å². The van der Waals surface area contributed by atoms with Crippen LogP contribution in [-0.4, -0.2) is 62.7 Å². The zero-order valence-corrected chi connectivity index (χ0v) is 18.3. The Bertz CT molecular complexity index is 1000. The molecule has 1 saturated heterocycles. The molecule has 2 aromatic rings. The van der Waals surface area contributed by atoms with Crippen LogP contribution in [0.15, 0.2) is 36.1 Å². The topological polar surface area (TPSA) is 80.6 Å². The largest absolute Gasteiger partial charge is 0.510 e. The highest BCUT2D eigenvalue weighted by molar-refractivity contribution is 5.78. The van der Waals surface area contributed by atoms with Crippen LogP contribution in [0.25, 0.3) is 5.57 Å². The van der Waals surface area contributed by atoms with E-state index in [-0.39, 0.29) is 23.5 Å². The fourth-order valence-corrected chi connectivity index (χ4v) is 4.83. The van der Waals surface area contributed by atoms with E-state index in [9.17, 15) is 10.2 Å². The number of nitrogens with zero attached hydrogens (tertiary/aromatic N) is 1. The van der Waals surface area contributed by atoms with E-state index in [4.69, 9.17) is 18.9 Å². The number of hydrogen-bond donors (Lipinski definition) is 2. The van der Waals surface area contributed by atoms with Gasteiger partial charge in [0.05, 0.1) is 34.5 Å². The highest BCUT2D eigenvalue weighted by Crippen LogP contribution is 2.48. The summed E-state index contributed by atoms with van der Waals surface area (Å²) in [6.45, 7) is 1.71. The standard InChI is InChI=1S/C24H29NO6/c1-28-19-8-7-14(11-20(19)29-2)16-13-25-9-5-6-17(25)23(27)22(16)15-10-18(26)24(31-4)21(12-15)30-3/h7-8,10-12,16-17,26-27H,5-6,9,13H2,1-4H3/t16-,17?/m1/s1. The summed E-state index contributed by atoms with van der Waals surface area (Å²) >= 11 is 0. The molecule has 2 heterocycles. The SMILES string of the molecule is COc1ccc([C@H]2CN3CCCC3C(O)=C2c2cc(O)c(OC)c(OC)c2)cc1OC. The minimum atomic E-state index is -0.119. The van der Waals surface area contributed by atoms with Crippen LogP contribution in [0.3, 0.4) is 0 Å². The van der Waals surface area contributed by atoms with Gasteiger partial charge in [-0.1, -0.05) is 6.07 Å². The molecule has 2 aliphatic rings. The van der Waals surface area contributed by atoms with Gasteiger partial charge in [0, 0.05) is 18.0 Å². The predicted molar refractivity (Wildman–Crippen MR) is 118 cm³/mol. The van der Waals surface area contributed by atoms with Crippen LogP contribution in [0.5, 0.6) is 28.7 Å². The van der Waals surface area contributed by atoms with Gasteiger partial charge in [-0.05, 0) is 54.8 Å². The summed E-state index contributed by atoms with van der Waals surface area (Å²) < 4.78 is 21.6. The maximum absolute atomic E-state index is 11.4. The van der Waals surface area contributed by atoms with E-state index in [0.29, 0.717) is 28.6 Å². The van der Waals surface area contributed by atoms with Crippen LogP contribution in [0.1, 0.15) is 29.9 Å². The van der Waals surface area contributed by atoms with Gasteiger partial charge < -0.3 is 29.2 Å². The summed E-state index contributed by atoms with van der Waals surface area (Å²) in [5.41, 5.74) is 2.49. The summed E-state index contributed by atoms with van der Waals surface area (Å²) in [7, 11) is 6.23. The fourth-order valence-electron chi connectivity index (χ4n) is 4.83. The van der Waals surface area contributed by atoms with Gasteiger partial charge in [-0.2, -0.15) is 0 Å². The molecule has 0 saturated carbocycles. The first kappa shape index (κ1) is 21.2. The molecular formula is C24H29NO6. The summed E-state index contributed by atoms with van der Waals surface area (Å²) in [6.07, 6.45) is 1.95. The molecule has 0 bridgehead atoms. The monoisotopic (exact) mass is 427 g/mol. The quantitative estimate of drug-likeness (QED) is 0.722. The maximum Gasteiger partial charge on any atom is 0.203 e. The molecule has 7 nitrogen and oxygen atoms in total. The average molecular weight is 427 g/mol. The molecule has 1 fully saturated rings. The average Bonchev–Trinajstić information content (AvgIpc) is 3.27. The third kappa shape index (κ3) is 3.63. The van der Waals surface area contributed by atoms with E-state index in [1.54, 1.807) is 20.3 Å². The van der Waals surface area contributed by atoms with Crippen molar-refractivity contribution in [2.24, 2.45) is 0 Å². The van der Waals surface area contributed by atoms with Crippen LogP contribution in [0.4, 0.5) is 0 Å². The van der Waals surface area contributed by atoms with E-state index < -0.39 is 0 Å². The van der Waals surface area contributed by atoms with Gasteiger partial charge in [0.2, 0.25) is 5.75 Å². The molecule has 2 aliphatic heterocycles. The summed E-state index contributed by atoms with van der Waals surface area (Å²) in [5.74, 6) is 2.17. The molecule has 166 valence electrons. The number of hydrogen-bond acceptors (Lipinski definition) is 7. The lowest BCUT2D eigenvalue weighted by Crippen LogP contribution is -2.40. The highest BCUT2D eigenvalue weighted by atomic mass is 16.5. The Kier molecular flexibility index (Phi) is 5.87. The second-order valence-corrected chi connectivity index (χ2v) is 7.85. The Morgan fingerprint density at radius 2 is 1.61 bits per heavy atom. The zero-order valence-electron chi connectivity index (χ0n) is 18.3. The molecule has 0 aromatic heterocycles. The van der Waals surface area contributed by atoms with Crippen molar-refractivity contribution in [2.75, 3.05) is 41.5 Å². The Labute approximate surface area is 182 Å². The summed E-state index contributed by atoms with van der Waals surface area (Å²) in [5, 5.41) is 21.9. The van der Waals surface area contributed by atoms with Gasteiger partial charge in [-0.3, -0.25) is 4.90 Å². The van der Waals surface area contributed by atoms with Crippen LogP contribution in [0, 0.1) is 0 Å². The van der Waals surface area contributed by atoms with Crippen LogP contribution >= 0.6 is 0 Å². The Balaban J connectivity index is 1.88. The van der Waals surface area contributed by atoms with Crippen molar-refractivity contribution in [3.8, 4) is 28.7 Å². The lowest BCUT2D eigenvalue weighted by molar-refractivity contribution is 0.201.